The molecule has 0 saturated carbocycles. The smallest absolute Gasteiger partial charge is 0.0832 e. The summed E-state index contributed by atoms with van der Waals surface area (Å²) in [6.45, 7) is 8.26. The molecule has 1 fully saturated rings. The highest BCUT2D eigenvalue weighted by molar-refractivity contribution is 4.81. The summed E-state index contributed by atoms with van der Waals surface area (Å²) in [4.78, 5) is 2.39. The van der Waals surface area contributed by atoms with Gasteiger partial charge in [-0.15, -0.1) is 0 Å². The van der Waals surface area contributed by atoms with Crippen LogP contribution in [0.5, 0.6) is 0 Å². The lowest BCUT2D eigenvalue weighted by Gasteiger charge is -2.32. The van der Waals surface area contributed by atoms with Crippen LogP contribution < -0.4 is 0 Å². The van der Waals surface area contributed by atoms with E-state index in [1.54, 1.807) is 0 Å². The van der Waals surface area contributed by atoms with Crippen molar-refractivity contribution in [1.82, 2.24) is 4.90 Å². The number of hydrogen-bond donors (Lipinski definition) is 0. The molecule has 1 heterocycles. The molecule has 1 rings (SSSR count). The molecule has 0 spiro atoms. The fraction of sp³-hybridized carbons (Fsp3) is 0.900. The minimum atomic E-state index is 0.137. The average Bonchev–Trinajstić information content (AvgIpc) is 2.04. The maximum Gasteiger partial charge on any atom is 0.0832 e. The lowest BCUT2D eigenvalue weighted by atomic mass is 10.1. The van der Waals surface area contributed by atoms with Crippen molar-refractivity contribution in [1.29, 1.82) is 5.26 Å². The molecule has 0 aromatic heterocycles. The van der Waals surface area contributed by atoms with Gasteiger partial charge in [0.2, 0.25) is 0 Å². The fourth-order valence-electron chi connectivity index (χ4n) is 1.69. The first-order valence-electron chi connectivity index (χ1n) is 4.93. The van der Waals surface area contributed by atoms with Crippen LogP contribution in [0, 0.1) is 17.2 Å². The van der Waals surface area contributed by atoms with Crippen LogP contribution in [0.1, 0.15) is 20.3 Å². The Morgan fingerprint density at radius 3 is 3.00 bits per heavy atom. The van der Waals surface area contributed by atoms with Gasteiger partial charge in [0.1, 0.15) is 0 Å². The van der Waals surface area contributed by atoms with Crippen molar-refractivity contribution in [3.63, 3.8) is 0 Å². The van der Waals surface area contributed by atoms with Gasteiger partial charge in [0.05, 0.1) is 25.2 Å². The van der Waals surface area contributed by atoms with Gasteiger partial charge in [0, 0.05) is 19.6 Å². The Hall–Kier alpha value is -0.590. The monoisotopic (exact) mass is 182 g/mol. The molecule has 1 aliphatic heterocycles. The van der Waals surface area contributed by atoms with Crippen LogP contribution in [0.4, 0.5) is 0 Å². The molecule has 0 aromatic rings. The van der Waals surface area contributed by atoms with Crippen molar-refractivity contribution in [2.75, 3.05) is 26.2 Å². The van der Waals surface area contributed by atoms with E-state index in [0.717, 1.165) is 26.2 Å². The van der Waals surface area contributed by atoms with Crippen molar-refractivity contribution in [3.8, 4) is 6.07 Å². The van der Waals surface area contributed by atoms with E-state index in [-0.39, 0.29) is 6.10 Å². The third kappa shape index (κ3) is 3.75. The van der Waals surface area contributed by atoms with E-state index in [9.17, 15) is 0 Å². The zero-order valence-corrected chi connectivity index (χ0v) is 8.49. The van der Waals surface area contributed by atoms with E-state index >= 15 is 0 Å². The summed E-state index contributed by atoms with van der Waals surface area (Å²) in [6.07, 6.45) is 0.659. The normalized spacial score (nSPS) is 24.6. The predicted molar refractivity (Wildman–Crippen MR) is 51.2 cm³/mol. The predicted octanol–water partition coefficient (Wildman–Crippen LogP) is 1.26. The van der Waals surface area contributed by atoms with Crippen LogP contribution in [0.3, 0.4) is 0 Å². The maximum absolute atomic E-state index is 8.54. The second-order valence-corrected chi connectivity index (χ2v) is 4.01. The van der Waals surface area contributed by atoms with Gasteiger partial charge >= 0.3 is 0 Å². The molecular weight excluding hydrogens is 164 g/mol. The minimum Gasteiger partial charge on any atom is -0.374 e. The summed E-state index contributed by atoms with van der Waals surface area (Å²) in [5.41, 5.74) is 0. The Morgan fingerprint density at radius 1 is 1.62 bits per heavy atom. The standard InChI is InChI=1S/C10H18N2O/c1-9(2)7-12-5-6-13-10(8-12)3-4-11/h9-10H,3,5-8H2,1-2H3/t10-/m0/s1. The molecule has 0 aromatic carbocycles. The van der Waals surface area contributed by atoms with Crippen LogP contribution in [0.25, 0.3) is 0 Å². The van der Waals surface area contributed by atoms with Gasteiger partial charge in [-0.1, -0.05) is 13.8 Å². The van der Waals surface area contributed by atoms with Gasteiger partial charge in [-0.2, -0.15) is 5.26 Å². The van der Waals surface area contributed by atoms with Crippen LogP contribution >= 0.6 is 0 Å². The van der Waals surface area contributed by atoms with Crippen LogP contribution in [-0.4, -0.2) is 37.2 Å². The average molecular weight is 182 g/mol. The third-order valence-electron chi connectivity index (χ3n) is 2.17. The SMILES string of the molecule is CC(C)CN1CCO[C@@H](CC#N)C1. The first-order chi connectivity index (χ1) is 6.22. The number of rotatable bonds is 3. The van der Waals surface area contributed by atoms with Gasteiger partial charge in [-0.05, 0) is 5.92 Å². The molecule has 0 amide bonds. The molecule has 74 valence electrons. The Labute approximate surface area is 80.3 Å². The molecule has 1 atom stereocenters. The third-order valence-corrected chi connectivity index (χ3v) is 2.17. The Kier molecular flexibility index (Phi) is 4.20. The zero-order chi connectivity index (χ0) is 9.68. The molecule has 3 nitrogen and oxygen atoms in total. The first-order valence-corrected chi connectivity index (χ1v) is 4.93. The summed E-state index contributed by atoms with van der Waals surface area (Å²) < 4.78 is 5.47. The molecule has 3 heteroatoms. The lowest BCUT2D eigenvalue weighted by molar-refractivity contribution is -0.0287. The fourth-order valence-corrected chi connectivity index (χ4v) is 1.69. The molecule has 0 radical (unpaired) electrons. The van der Waals surface area contributed by atoms with Gasteiger partial charge < -0.3 is 4.74 Å². The van der Waals surface area contributed by atoms with E-state index in [0.29, 0.717) is 12.3 Å². The van der Waals surface area contributed by atoms with Crippen LogP contribution in [0.15, 0.2) is 0 Å². The topological polar surface area (TPSA) is 36.3 Å². The zero-order valence-electron chi connectivity index (χ0n) is 8.49. The van der Waals surface area contributed by atoms with E-state index < -0.39 is 0 Å². The summed E-state index contributed by atoms with van der Waals surface area (Å²) in [7, 11) is 0. The number of nitrogens with zero attached hydrogens (tertiary/aromatic N) is 2. The lowest BCUT2D eigenvalue weighted by Crippen LogP contribution is -2.43. The van der Waals surface area contributed by atoms with Gasteiger partial charge in [-0.25, -0.2) is 0 Å². The molecule has 1 saturated heterocycles. The van der Waals surface area contributed by atoms with Crippen molar-refractivity contribution in [3.05, 3.63) is 0 Å². The quantitative estimate of drug-likeness (QED) is 0.659. The molecular formula is C10H18N2O. The number of hydrogen-bond acceptors (Lipinski definition) is 3. The molecule has 0 aliphatic carbocycles. The first kappa shape index (κ1) is 10.5. The molecule has 0 N–H and O–H groups in total. The van der Waals surface area contributed by atoms with Gasteiger partial charge in [0.25, 0.3) is 0 Å². The Morgan fingerprint density at radius 2 is 2.38 bits per heavy atom. The van der Waals surface area contributed by atoms with Gasteiger partial charge in [-0.3, -0.25) is 4.90 Å². The highest BCUT2D eigenvalue weighted by Crippen LogP contribution is 2.09. The van der Waals surface area contributed by atoms with Gasteiger partial charge in [0.15, 0.2) is 0 Å². The summed E-state index contributed by atoms with van der Waals surface area (Å²) in [5, 5.41) is 8.54. The summed E-state index contributed by atoms with van der Waals surface area (Å²) >= 11 is 0. The number of nitriles is 1. The maximum atomic E-state index is 8.54. The number of morpholine rings is 1. The van der Waals surface area contributed by atoms with E-state index in [1.165, 1.54) is 0 Å². The molecule has 0 unspecified atom stereocenters. The second-order valence-electron chi connectivity index (χ2n) is 4.01. The van der Waals surface area contributed by atoms with Crippen LogP contribution in [-0.2, 0) is 4.74 Å². The molecule has 0 bridgehead atoms. The van der Waals surface area contributed by atoms with Crippen molar-refractivity contribution < 1.29 is 4.74 Å². The van der Waals surface area contributed by atoms with Crippen molar-refractivity contribution >= 4 is 0 Å². The molecule has 1 aliphatic rings. The largest absolute Gasteiger partial charge is 0.374 e. The molecule has 13 heavy (non-hydrogen) atoms. The van der Waals surface area contributed by atoms with Crippen LogP contribution in [0.2, 0.25) is 0 Å². The summed E-state index contributed by atoms with van der Waals surface area (Å²) in [6, 6.07) is 2.16. The Balaban J connectivity index is 2.29. The summed E-state index contributed by atoms with van der Waals surface area (Å²) in [5.74, 6) is 0.695. The van der Waals surface area contributed by atoms with Crippen molar-refractivity contribution in [2.45, 2.75) is 26.4 Å². The van der Waals surface area contributed by atoms with Crippen molar-refractivity contribution in [2.24, 2.45) is 5.92 Å². The van der Waals surface area contributed by atoms with E-state index in [4.69, 9.17) is 10.00 Å². The highest BCUT2D eigenvalue weighted by Gasteiger charge is 2.20. The second kappa shape index (κ2) is 5.21. The highest BCUT2D eigenvalue weighted by atomic mass is 16.5. The van der Waals surface area contributed by atoms with E-state index in [1.807, 2.05) is 0 Å². The number of ether oxygens (including phenoxy) is 1. The Bertz CT molecular complexity index is 186. The van der Waals surface area contributed by atoms with E-state index in [2.05, 4.69) is 24.8 Å². The minimum absolute atomic E-state index is 0.137.